The molecule has 0 spiro atoms. The predicted molar refractivity (Wildman–Crippen MR) is 127 cm³/mol. The Morgan fingerprint density at radius 2 is 1.69 bits per heavy atom. The Labute approximate surface area is 189 Å². The zero-order valence-corrected chi connectivity index (χ0v) is 18.8. The van der Waals surface area contributed by atoms with Gasteiger partial charge in [0.05, 0.1) is 0 Å². The number of hydrogen-bond acceptors (Lipinski definition) is 6. The number of para-hydroxylation sites is 1. The van der Waals surface area contributed by atoms with E-state index in [1.54, 1.807) is 0 Å². The van der Waals surface area contributed by atoms with Gasteiger partial charge in [-0.05, 0) is 44.5 Å². The van der Waals surface area contributed by atoms with Gasteiger partial charge < -0.3 is 19.9 Å². The summed E-state index contributed by atoms with van der Waals surface area (Å²) in [5.74, 6) is 2.20. The van der Waals surface area contributed by atoms with E-state index in [4.69, 9.17) is 9.72 Å². The minimum absolute atomic E-state index is 0.000194. The monoisotopic (exact) mass is 431 g/mol. The zero-order chi connectivity index (χ0) is 22.5. The topological polar surface area (TPSA) is 70.6 Å². The smallest absolute Gasteiger partial charge is 0.260 e. The molecule has 4 rings (SSSR count). The second-order valence-corrected chi connectivity index (χ2v) is 8.11. The van der Waals surface area contributed by atoms with E-state index in [1.807, 2.05) is 61.2 Å². The molecule has 1 aromatic heterocycles. The number of anilines is 3. The predicted octanol–water partition coefficient (Wildman–Crippen LogP) is 3.87. The van der Waals surface area contributed by atoms with Crippen molar-refractivity contribution >= 4 is 23.4 Å². The van der Waals surface area contributed by atoms with Crippen molar-refractivity contribution in [3.63, 3.8) is 0 Å². The van der Waals surface area contributed by atoms with E-state index < -0.39 is 0 Å². The lowest BCUT2D eigenvalue weighted by molar-refractivity contribution is -0.133. The van der Waals surface area contributed by atoms with Gasteiger partial charge in [-0.3, -0.25) is 4.79 Å². The van der Waals surface area contributed by atoms with Crippen LogP contribution in [0.15, 0.2) is 54.6 Å². The lowest BCUT2D eigenvalue weighted by Gasteiger charge is -2.35. The summed E-state index contributed by atoms with van der Waals surface area (Å²) in [5.41, 5.74) is 4.13. The van der Waals surface area contributed by atoms with E-state index >= 15 is 0 Å². The minimum Gasteiger partial charge on any atom is -0.484 e. The summed E-state index contributed by atoms with van der Waals surface area (Å²) in [5, 5.41) is 3.36. The highest BCUT2D eigenvalue weighted by Crippen LogP contribution is 2.20. The average molecular weight is 432 g/mol. The van der Waals surface area contributed by atoms with E-state index in [-0.39, 0.29) is 12.5 Å². The van der Waals surface area contributed by atoms with Crippen LogP contribution in [0, 0.1) is 20.8 Å². The second kappa shape index (κ2) is 9.68. The van der Waals surface area contributed by atoms with Gasteiger partial charge in [0, 0.05) is 43.6 Å². The second-order valence-electron chi connectivity index (χ2n) is 8.11. The molecule has 3 aromatic rings. The third-order valence-corrected chi connectivity index (χ3v) is 5.53. The van der Waals surface area contributed by atoms with Gasteiger partial charge in [-0.1, -0.05) is 35.9 Å². The molecule has 0 bridgehead atoms. The highest BCUT2D eigenvalue weighted by Gasteiger charge is 2.23. The lowest BCUT2D eigenvalue weighted by atomic mass is 10.2. The van der Waals surface area contributed by atoms with Gasteiger partial charge in [0.2, 0.25) is 5.95 Å². The Morgan fingerprint density at radius 3 is 2.41 bits per heavy atom. The van der Waals surface area contributed by atoms with Crippen molar-refractivity contribution in [3.8, 4) is 5.75 Å². The van der Waals surface area contributed by atoms with Crippen LogP contribution in [0.2, 0.25) is 0 Å². The molecule has 0 atom stereocenters. The van der Waals surface area contributed by atoms with Crippen LogP contribution in [0.5, 0.6) is 5.75 Å². The molecule has 1 amide bonds. The van der Waals surface area contributed by atoms with E-state index in [0.717, 1.165) is 28.5 Å². The molecule has 1 N–H and O–H groups in total. The molecule has 7 nitrogen and oxygen atoms in total. The first kappa shape index (κ1) is 21.6. The number of hydrogen-bond donors (Lipinski definition) is 1. The Kier molecular flexibility index (Phi) is 6.54. The Morgan fingerprint density at radius 1 is 0.969 bits per heavy atom. The number of amides is 1. The average Bonchev–Trinajstić information content (AvgIpc) is 2.79. The van der Waals surface area contributed by atoms with Gasteiger partial charge in [-0.2, -0.15) is 4.98 Å². The molecule has 1 fully saturated rings. The largest absolute Gasteiger partial charge is 0.484 e. The maximum Gasteiger partial charge on any atom is 0.260 e. The molecule has 1 aliphatic heterocycles. The van der Waals surface area contributed by atoms with Crippen LogP contribution < -0.4 is 15.0 Å². The van der Waals surface area contributed by atoms with Crippen molar-refractivity contribution in [2.75, 3.05) is 43.0 Å². The van der Waals surface area contributed by atoms with Gasteiger partial charge >= 0.3 is 0 Å². The quantitative estimate of drug-likeness (QED) is 0.639. The summed E-state index contributed by atoms with van der Waals surface area (Å²) in [6, 6.07) is 17.9. The fourth-order valence-corrected chi connectivity index (χ4v) is 3.65. The lowest BCUT2D eigenvalue weighted by Crippen LogP contribution is -2.50. The van der Waals surface area contributed by atoms with E-state index in [2.05, 4.69) is 34.3 Å². The van der Waals surface area contributed by atoms with Crippen molar-refractivity contribution in [1.82, 2.24) is 14.9 Å². The summed E-state index contributed by atoms with van der Waals surface area (Å²) >= 11 is 0. The third kappa shape index (κ3) is 5.35. The molecule has 2 heterocycles. The molecule has 0 radical (unpaired) electrons. The number of aromatic nitrogens is 2. The molecule has 0 unspecified atom stereocenters. The van der Waals surface area contributed by atoms with Crippen molar-refractivity contribution < 1.29 is 9.53 Å². The van der Waals surface area contributed by atoms with Crippen molar-refractivity contribution in [1.29, 1.82) is 0 Å². The molecule has 0 aliphatic carbocycles. The molecule has 0 saturated carbocycles. The van der Waals surface area contributed by atoms with E-state index in [9.17, 15) is 4.79 Å². The van der Waals surface area contributed by atoms with Crippen LogP contribution in [0.25, 0.3) is 0 Å². The molecule has 166 valence electrons. The molecule has 7 heteroatoms. The first-order valence-corrected chi connectivity index (χ1v) is 10.9. The van der Waals surface area contributed by atoms with Gasteiger partial charge in [0.25, 0.3) is 5.91 Å². The maximum atomic E-state index is 12.6. The van der Waals surface area contributed by atoms with E-state index in [0.29, 0.717) is 32.1 Å². The number of piperazine rings is 1. The molecule has 32 heavy (non-hydrogen) atoms. The minimum atomic E-state index is -0.000194. The fraction of sp³-hybridized carbons (Fsp3) is 0.320. The van der Waals surface area contributed by atoms with Crippen molar-refractivity contribution in [2.45, 2.75) is 20.8 Å². The number of rotatable bonds is 6. The first-order valence-electron chi connectivity index (χ1n) is 10.9. The third-order valence-electron chi connectivity index (χ3n) is 5.53. The first-order chi connectivity index (χ1) is 15.5. The number of carbonyl (C=O) groups excluding carboxylic acids is 1. The van der Waals surface area contributed by atoms with Crippen LogP contribution in [0.4, 0.5) is 17.5 Å². The molecule has 2 aromatic carbocycles. The standard InChI is InChI=1S/C25H29N5O2/c1-18-8-10-21(11-9-18)27-23-16-20(3)26-25(28-23)30-14-12-29(13-15-30)24(31)17-32-22-7-5-4-6-19(22)2/h4-11,16H,12-15,17H2,1-3H3,(H,26,27,28). The highest BCUT2D eigenvalue weighted by atomic mass is 16.5. The Hall–Kier alpha value is -3.61. The highest BCUT2D eigenvalue weighted by molar-refractivity contribution is 5.78. The molecular formula is C25H29N5O2. The maximum absolute atomic E-state index is 12.6. The van der Waals surface area contributed by atoms with Crippen LogP contribution >= 0.6 is 0 Å². The summed E-state index contributed by atoms with van der Waals surface area (Å²) in [4.78, 5) is 25.9. The normalized spacial score (nSPS) is 13.7. The van der Waals surface area contributed by atoms with Crippen LogP contribution in [-0.2, 0) is 4.79 Å². The van der Waals surface area contributed by atoms with Gasteiger partial charge in [-0.25, -0.2) is 4.98 Å². The number of nitrogens with one attached hydrogen (secondary N) is 1. The summed E-state index contributed by atoms with van der Waals surface area (Å²) in [6.45, 7) is 8.66. The number of carbonyl (C=O) groups is 1. The van der Waals surface area contributed by atoms with Gasteiger partial charge in [0.15, 0.2) is 6.61 Å². The fourth-order valence-electron chi connectivity index (χ4n) is 3.65. The number of ether oxygens (including phenoxy) is 1. The summed E-state index contributed by atoms with van der Waals surface area (Å²) in [7, 11) is 0. The molecule has 1 aliphatic rings. The van der Waals surface area contributed by atoms with Crippen molar-refractivity contribution in [2.24, 2.45) is 0 Å². The SMILES string of the molecule is Cc1ccc(Nc2cc(C)nc(N3CCN(C(=O)COc4ccccc4C)CC3)n2)cc1. The summed E-state index contributed by atoms with van der Waals surface area (Å²) < 4.78 is 5.72. The number of aryl methyl sites for hydroxylation is 3. The number of benzene rings is 2. The van der Waals surface area contributed by atoms with E-state index in [1.165, 1.54) is 5.56 Å². The van der Waals surface area contributed by atoms with Gasteiger partial charge in [-0.15, -0.1) is 0 Å². The Bertz CT molecular complexity index is 1080. The zero-order valence-electron chi connectivity index (χ0n) is 18.8. The number of nitrogens with zero attached hydrogens (tertiary/aromatic N) is 4. The van der Waals surface area contributed by atoms with Crippen molar-refractivity contribution in [3.05, 3.63) is 71.4 Å². The van der Waals surface area contributed by atoms with Gasteiger partial charge in [0.1, 0.15) is 11.6 Å². The Balaban J connectivity index is 1.34. The van der Waals surface area contributed by atoms with Crippen LogP contribution in [0.3, 0.4) is 0 Å². The molecule has 1 saturated heterocycles. The van der Waals surface area contributed by atoms with Crippen LogP contribution in [-0.4, -0.2) is 53.6 Å². The van der Waals surface area contributed by atoms with Crippen LogP contribution in [0.1, 0.15) is 16.8 Å². The summed E-state index contributed by atoms with van der Waals surface area (Å²) in [6.07, 6.45) is 0. The molecular weight excluding hydrogens is 402 g/mol.